The van der Waals surface area contributed by atoms with Gasteiger partial charge in [-0.2, -0.15) is 0 Å². The predicted molar refractivity (Wildman–Crippen MR) is 58.5 cm³/mol. The number of allylic oxidation sites excluding steroid dienone is 1. The van der Waals surface area contributed by atoms with Crippen molar-refractivity contribution in [3.05, 3.63) is 42.5 Å². The lowest BCUT2D eigenvalue weighted by molar-refractivity contribution is 0.216. The predicted octanol–water partition coefficient (Wildman–Crippen LogP) is 3.11. The molecule has 1 aromatic carbocycles. The van der Waals surface area contributed by atoms with E-state index in [4.69, 9.17) is 5.11 Å². The first-order chi connectivity index (χ1) is 6.04. The Labute approximate surface area is 80.7 Å². The lowest BCUT2D eigenvalue weighted by atomic mass is 10.1. The van der Waals surface area contributed by atoms with Crippen LogP contribution in [-0.2, 0) is 0 Å². The fourth-order valence-electron chi connectivity index (χ4n) is 0.723. The second-order valence-corrected chi connectivity index (χ2v) is 3.24. The van der Waals surface area contributed by atoms with Crippen molar-refractivity contribution in [1.82, 2.24) is 0 Å². The fraction of sp³-hybridized carbons (Fsp3) is 0.333. The molecule has 1 heteroatoms. The number of hydrogen-bond donors (Lipinski definition) is 1. The highest BCUT2D eigenvalue weighted by atomic mass is 16.3. The molecule has 0 aliphatic heterocycles. The van der Waals surface area contributed by atoms with E-state index in [-0.39, 0.29) is 6.10 Å². The van der Waals surface area contributed by atoms with Crippen molar-refractivity contribution >= 4 is 5.57 Å². The molecule has 0 aliphatic rings. The number of rotatable bonds is 1. The third-order valence-electron chi connectivity index (χ3n) is 1.27. The normalized spacial score (nSPS) is 9.00. The zero-order valence-corrected chi connectivity index (χ0v) is 8.62. The molecule has 0 radical (unpaired) electrons. The van der Waals surface area contributed by atoms with Gasteiger partial charge >= 0.3 is 0 Å². The standard InChI is InChI=1S/C9H10.C3H8O/c1-8(2)9-6-4-3-5-7-9;1-3(2)4/h3-7H,1H2,2H3;3-4H,1-2H3. The summed E-state index contributed by atoms with van der Waals surface area (Å²) in [5, 5.41) is 8.06. The van der Waals surface area contributed by atoms with Gasteiger partial charge < -0.3 is 5.11 Å². The summed E-state index contributed by atoms with van der Waals surface area (Å²) in [6, 6.07) is 10.2. The molecule has 0 atom stereocenters. The van der Waals surface area contributed by atoms with Crippen LogP contribution in [0.1, 0.15) is 26.3 Å². The van der Waals surface area contributed by atoms with Gasteiger partial charge in [0.25, 0.3) is 0 Å². The molecule has 0 bridgehead atoms. The van der Waals surface area contributed by atoms with Gasteiger partial charge in [0.05, 0.1) is 0 Å². The molecule has 0 aromatic heterocycles. The lowest BCUT2D eigenvalue weighted by Gasteiger charge is -1.94. The van der Waals surface area contributed by atoms with Gasteiger partial charge in [0.15, 0.2) is 0 Å². The van der Waals surface area contributed by atoms with Gasteiger partial charge in [-0.25, -0.2) is 0 Å². The molecule has 0 saturated heterocycles. The Balaban J connectivity index is 0.000000310. The van der Waals surface area contributed by atoms with Gasteiger partial charge in [-0.3, -0.25) is 0 Å². The van der Waals surface area contributed by atoms with E-state index in [0.717, 1.165) is 5.57 Å². The zero-order valence-electron chi connectivity index (χ0n) is 8.62. The molecule has 1 N–H and O–H groups in total. The molecule has 1 rings (SSSR count). The second kappa shape index (κ2) is 6.44. The van der Waals surface area contributed by atoms with Crippen LogP contribution in [0.2, 0.25) is 0 Å². The summed E-state index contributed by atoms with van der Waals surface area (Å²) in [4.78, 5) is 0. The number of aliphatic hydroxyl groups excluding tert-OH is 1. The van der Waals surface area contributed by atoms with E-state index < -0.39 is 0 Å². The Hall–Kier alpha value is -1.08. The number of aliphatic hydroxyl groups is 1. The maximum absolute atomic E-state index is 8.06. The molecular formula is C12H18O. The summed E-state index contributed by atoms with van der Waals surface area (Å²) in [7, 11) is 0. The van der Waals surface area contributed by atoms with Crippen LogP contribution in [0.15, 0.2) is 36.9 Å². The Kier molecular flexibility index (Phi) is 5.90. The number of hydrogen-bond acceptors (Lipinski definition) is 1. The van der Waals surface area contributed by atoms with Gasteiger partial charge in [0.2, 0.25) is 0 Å². The molecule has 0 unspecified atom stereocenters. The van der Waals surface area contributed by atoms with E-state index in [0.29, 0.717) is 0 Å². The van der Waals surface area contributed by atoms with Crippen molar-refractivity contribution in [2.45, 2.75) is 26.9 Å². The average Bonchev–Trinajstić information content (AvgIpc) is 2.05. The van der Waals surface area contributed by atoms with Gasteiger partial charge in [0, 0.05) is 6.10 Å². The molecule has 0 saturated carbocycles. The van der Waals surface area contributed by atoms with E-state index in [1.54, 1.807) is 13.8 Å². The van der Waals surface area contributed by atoms with Gasteiger partial charge in [-0.1, -0.05) is 42.5 Å². The van der Waals surface area contributed by atoms with Crippen molar-refractivity contribution in [2.75, 3.05) is 0 Å². The van der Waals surface area contributed by atoms with E-state index in [1.165, 1.54) is 5.56 Å². The Morgan fingerprint density at radius 3 is 1.85 bits per heavy atom. The van der Waals surface area contributed by atoms with Gasteiger partial charge in [-0.05, 0) is 26.3 Å². The van der Waals surface area contributed by atoms with E-state index in [1.807, 2.05) is 25.1 Å². The quantitative estimate of drug-likeness (QED) is 0.700. The zero-order chi connectivity index (χ0) is 10.3. The van der Waals surface area contributed by atoms with Crippen molar-refractivity contribution in [2.24, 2.45) is 0 Å². The number of benzene rings is 1. The summed E-state index contributed by atoms with van der Waals surface area (Å²) in [5.41, 5.74) is 2.34. The molecule has 0 aliphatic carbocycles. The Bertz CT molecular complexity index is 234. The van der Waals surface area contributed by atoms with Crippen LogP contribution in [-0.4, -0.2) is 11.2 Å². The van der Waals surface area contributed by atoms with E-state index in [9.17, 15) is 0 Å². The molecule has 13 heavy (non-hydrogen) atoms. The second-order valence-electron chi connectivity index (χ2n) is 3.24. The summed E-state index contributed by atoms with van der Waals surface area (Å²) in [6.07, 6.45) is -0.167. The highest BCUT2D eigenvalue weighted by molar-refractivity contribution is 5.60. The lowest BCUT2D eigenvalue weighted by Crippen LogP contribution is -1.85. The topological polar surface area (TPSA) is 20.2 Å². The van der Waals surface area contributed by atoms with Crippen LogP contribution in [0.3, 0.4) is 0 Å². The Morgan fingerprint density at radius 2 is 1.62 bits per heavy atom. The van der Waals surface area contributed by atoms with Gasteiger partial charge in [0.1, 0.15) is 0 Å². The minimum absolute atomic E-state index is 0.167. The minimum atomic E-state index is -0.167. The third kappa shape index (κ3) is 7.29. The van der Waals surface area contributed by atoms with Crippen molar-refractivity contribution in [3.63, 3.8) is 0 Å². The van der Waals surface area contributed by atoms with Crippen LogP contribution in [0.5, 0.6) is 0 Å². The molecule has 0 heterocycles. The van der Waals surface area contributed by atoms with Crippen molar-refractivity contribution < 1.29 is 5.11 Å². The van der Waals surface area contributed by atoms with Crippen LogP contribution in [0.4, 0.5) is 0 Å². The third-order valence-corrected chi connectivity index (χ3v) is 1.27. The fourth-order valence-corrected chi connectivity index (χ4v) is 0.723. The maximum Gasteiger partial charge on any atom is 0.0483 e. The maximum atomic E-state index is 8.06. The first-order valence-corrected chi connectivity index (χ1v) is 4.43. The van der Waals surface area contributed by atoms with Crippen LogP contribution in [0, 0.1) is 0 Å². The first kappa shape index (κ1) is 11.9. The molecule has 0 spiro atoms. The summed E-state index contributed by atoms with van der Waals surface area (Å²) in [5.74, 6) is 0. The van der Waals surface area contributed by atoms with Crippen LogP contribution >= 0.6 is 0 Å². The van der Waals surface area contributed by atoms with Crippen molar-refractivity contribution in [3.8, 4) is 0 Å². The first-order valence-electron chi connectivity index (χ1n) is 4.43. The monoisotopic (exact) mass is 178 g/mol. The summed E-state index contributed by atoms with van der Waals surface area (Å²) >= 11 is 0. The largest absolute Gasteiger partial charge is 0.394 e. The summed E-state index contributed by atoms with van der Waals surface area (Å²) < 4.78 is 0. The molecule has 0 fully saturated rings. The SMILES string of the molecule is C=C(C)c1ccccc1.CC(C)O. The molecule has 72 valence electrons. The van der Waals surface area contributed by atoms with Crippen LogP contribution in [0.25, 0.3) is 5.57 Å². The van der Waals surface area contributed by atoms with Crippen molar-refractivity contribution in [1.29, 1.82) is 0 Å². The molecule has 1 nitrogen and oxygen atoms in total. The smallest absolute Gasteiger partial charge is 0.0483 e. The molecule has 1 aromatic rings. The highest BCUT2D eigenvalue weighted by Crippen LogP contribution is 2.08. The van der Waals surface area contributed by atoms with E-state index >= 15 is 0 Å². The highest BCUT2D eigenvalue weighted by Gasteiger charge is 1.86. The molecule has 0 amide bonds. The van der Waals surface area contributed by atoms with E-state index in [2.05, 4.69) is 18.7 Å². The molecular weight excluding hydrogens is 160 g/mol. The minimum Gasteiger partial charge on any atom is -0.394 e. The van der Waals surface area contributed by atoms with Crippen LogP contribution < -0.4 is 0 Å². The Morgan fingerprint density at radius 1 is 1.23 bits per heavy atom. The average molecular weight is 178 g/mol. The summed E-state index contributed by atoms with van der Waals surface area (Å²) in [6.45, 7) is 9.28. The van der Waals surface area contributed by atoms with Gasteiger partial charge in [-0.15, -0.1) is 0 Å².